The number of aliphatic hydroxyl groups excluding tert-OH is 1. The van der Waals surface area contributed by atoms with Gasteiger partial charge >= 0.3 is 0 Å². The lowest BCUT2D eigenvalue weighted by Crippen LogP contribution is -2.32. The minimum absolute atomic E-state index is 0.116. The molecule has 22 heavy (non-hydrogen) atoms. The molecule has 1 aromatic heterocycles. The highest BCUT2D eigenvalue weighted by Gasteiger charge is 2.02. The molecule has 2 heterocycles. The number of morpholine rings is 1. The van der Waals surface area contributed by atoms with Crippen molar-refractivity contribution in [2.24, 2.45) is 0 Å². The average Bonchev–Trinajstić information content (AvgIpc) is 3.06. The number of benzene rings is 1. The molecule has 0 amide bonds. The Morgan fingerprint density at radius 1 is 1.23 bits per heavy atom. The van der Waals surface area contributed by atoms with E-state index in [0.29, 0.717) is 10.0 Å². The van der Waals surface area contributed by atoms with Gasteiger partial charge in [-0.25, -0.2) is 0 Å². The summed E-state index contributed by atoms with van der Waals surface area (Å²) < 4.78 is 5.10. The van der Waals surface area contributed by atoms with E-state index in [9.17, 15) is 0 Å². The molecule has 0 aliphatic carbocycles. The van der Waals surface area contributed by atoms with E-state index in [4.69, 9.17) is 33.0 Å². The van der Waals surface area contributed by atoms with Gasteiger partial charge in [-0.2, -0.15) is 0 Å². The molecule has 1 aliphatic heterocycles. The molecule has 1 saturated heterocycles. The van der Waals surface area contributed by atoms with E-state index in [1.807, 2.05) is 12.1 Å². The molecule has 1 fully saturated rings. The van der Waals surface area contributed by atoms with Crippen LogP contribution in [0, 0.1) is 0 Å². The summed E-state index contributed by atoms with van der Waals surface area (Å²) >= 11 is 12.6. The first kappa shape index (κ1) is 19.4. The molecule has 7 heteroatoms. The van der Waals surface area contributed by atoms with E-state index in [0.717, 1.165) is 31.2 Å². The van der Waals surface area contributed by atoms with Gasteiger partial charge in [0.1, 0.15) is 0 Å². The zero-order valence-electron chi connectivity index (χ0n) is 12.4. The number of aromatic nitrogens is 1. The molecule has 0 spiro atoms. The summed E-state index contributed by atoms with van der Waals surface area (Å²) in [6.45, 7) is 4.14. The number of ether oxygens (including phenoxy) is 1. The largest absolute Gasteiger partial charge is 0.391 e. The lowest BCUT2D eigenvalue weighted by molar-refractivity contribution is 0.0503. The Morgan fingerprint density at radius 2 is 1.82 bits per heavy atom. The predicted octanol–water partition coefficient (Wildman–Crippen LogP) is 3.58. The van der Waals surface area contributed by atoms with Crippen LogP contribution in [-0.2, 0) is 11.3 Å². The van der Waals surface area contributed by atoms with Gasteiger partial charge in [0.25, 0.3) is 0 Å². The highest BCUT2D eigenvalue weighted by molar-refractivity contribution is 7.09. The monoisotopic (exact) mass is 362 g/mol. The standard InChI is InChI=1S/C6H4Cl2.C5H11NO.C4H5NOS/c7-5-3-1-2-4-6(5)8;1-6-2-4-7-5-3-6;6-2-4-1-5-3-7-4/h1-4H;2-5H2,1H3;1,3,6H,2H2. The van der Waals surface area contributed by atoms with Crippen LogP contribution in [-0.4, -0.2) is 48.3 Å². The number of hydrogen-bond acceptors (Lipinski definition) is 5. The fourth-order valence-corrected chi connectivity index (χ4v) is 2.14. The van der Waals surface area contributed by atoms with Crippen LogP contribution < -0.4 is 0 Å². The summed E-state index contributed by atoms with van der Waals surface area (Å²) in [6.07, 6.45) is 1.66. The quantitative estimate of drug-likeness (QED) is 0.841. The van der Waals surface area contributed by atoms with Gasteiger partial charge in [0, 0.05) is 24.2 Å². The molecule has 0 bridgehead atoms. The fraction of sp³-hybridized carbons (Fsp3) is 0.400. The third kappa shape index (κ3) is 8.68. The third-order valence-corrected chi connectivity index (χ3v) is 4.22. The topological polar surface area (TPSA) is 45.6 Å². The van der Waals surface area contributed by atoms with Gasteiger partial charge in [-0.1, -0.05) is 35.3 Å². The van der Waals surface area contributed by atoms with Crippen molar-refractivity contribution in [3.63, 3.8) is 0 Å². The number of halogens is 2. The number of rotatable bonds is 1. The summed E-state index contributed by atoms with van der Waals surface area (Å²) in [6, 6.07) is 7.19. The Balaban J connectivity index is 0.000000166. The maximum Gasteiger partial charge on any atom is 0.0795 e. The van der Waals surface area contributed by atoms with Crippen LogP contribution in [0.4, 0.5) is 0 Å². The Morgan fingerprint density at radius 3 is 2.09 bits per heavy atom. The molecule has 0 radical (unpaired) electrons. The second kappa shape index (κ2) is 11.8. The molecule has 0 saturated carbocycles. The Bertz CT molecular complexity index is 485. The average molecular weight is 363 g/mol. The molecule has 1 aliphatic rings. The number of aliphatic hydroxyl groups is 1. The summed E-state index contributed by atoms with van der Waals surface area (Å²) in [5.74, 6) is 0. The minimum Gasteiger partial charge on any atom is -0.391 e. The van der Waals surface area contributed by atoms with E-state index in [1.165, 1.54) is 11.3 Å². The molecule has 1 N–H and O–H groups in total. The van der Waals surface area contributed by atoms with Crippen molar-refractivity contribution in [1.82, 2.24) is 9.88 Å². The van der Waals surface area contributed by atoms with Crippen LogP contribution in [0.3, 0.4) is 0 Å². The van der Waals surface area contributed by atoms with Crippen LogP contribution in [0.5, 0.6) is 0 Å². The molecule has 2 aromatic rings. The first-order valence-electron chi connectivity index (χ1n) is 6.78. The van der Waals surface area contributed by atoms with Crippen molar-refractivity contribution >= 4 is 34.5 Å². The summed E-state index contributed by atoms with van der Waals surface area (Å²) in [7, 11) is 2.11. The van der Waals surface area contributed by atoms with E-state index in [2.05, 4.69) is 16.9 Å². The van der Waals surface area contributed by atoms with Crippen LogP contribution in [0.25, 0.3) is 0 Å². The summed E-state index contributed by atoms with van der Waals surface area (Å²) in [5.41, 5.74) is 1.70. The third-order valence-electron chi connectivity index (χ3n) is 2.70. The normalized spacial score (nSPS) is 14.4. The van der Waals surface area contributed by atoms with Crippen molar-refractivity contribution < 1.29 is 9.84 Å². The lowest BCUT2D eigenvalue weighted by atomic mass is 10.4. The zero-order chi connectivity index (χ0) is 16.2. The van der Waals surface area contributed by atoms with E-state index in [1.54, 1.807) is 23.8 Å². The van der Waals surface area contributed by atoms with Gasteiger partial charge in [0.2, 0.25) is 0 Å². The Labute approximate surface area is 145 Å². The maximum atomic E-state index is 8.40. The number of nitrogens with zero attached hydrogens (tertiary/aromatic N) is 2. The van der Waals surface area contributed by atoms with E-state index >= 15 is 0 Å². The van der Waals surface area contributed by atoms with Gasteiger partial charge in [-0.3, -0.25) is 4.98 Å². The van der Waals surface area contributed by atoms with Crippen molar-refractivity contribution in [1.29, 1.82) is 0 Å². The lowest BCUT2D eigenvalue weighted by Gasteiger charge is -2.21. The summed E-state index contributed by atoms with van der Waals surface area (Å²) in [4.78, 5) is 6.94. The zero-order valence-corrected chi connectivity index (χ0v) is 14.7. The molecule has 4 nitrogen and oxygen atoms in total. The Kier molecular flexibility index (Phi) is 10.4. The molecule has 122 valence electrons. The first-order chi connectivity index (χ1) is 10.6. The second-order valence-electron chi connectivity index (χ2n) is 4.46. The fourth-order valence-electron chi connectivity index (χ4n) is 1.41. The van der Waals surface area contributed by atoms with Crippen LogP contribution in [0.15, 0.2) is 36.0 Å². The van der Waals surface area contributed by atoms with Crippen molar-refractivity contribution in [2.75, 3.05) is 33.4 Å². The molecule has 0 atom stereocenters. The molecule has 1 aromatic carbocycles. The van der Waals surface area contributed by atoms with Gasteiger partial charge < -0.3 is 14.7 Å². The van der Waals surface area contributed by atoms with Gasteiger partial charge in [0.05, 0.1) is 35.4 Å². The first-order valence-corrected chi connectivity index (χ1v) is 8.41. The van der Waals surface area contributed by atoms with Gasteiger partial charge in [-0.05, 0) is 19.2 Å². The SMILES string of the molecule is CN1CCOCC1.Clc1ccccc1Cl.OCc1cncs1. The van der Waals surface area contributed by atoms with Crippen molar-refractivity contribution in [3.05, 3.63) is 50.9 Å². The highest BCUT2D eigenvalue weighted by atomic mass is 35.5. The van der Waals surface area contributed by atoms with Crippen LogP contribution in [0.2, 0.25) is 10.0 Å². The predicted molar refractivity (Wildman–Crippen MR) is 92.8 cm³/mol. The van der Waals surface area contributed by atoms with Crippen molar-refractivity contribution in [3.8, 4) is 0 Å². The van der Waals surface area contributed by atoms with E-state index < -0.39 is 0 Å². The van der Waals surface area contributed by atoms with Crippen molar-refractivity contribution in [2.45, 2.75) is 6.61 Å². The Hall–Kier alpha value is -0.690. The molecular formula is C15H20Cl2N2O2S. The number of likely N-dealkylation sites (N-methyl/N-ethyl adjacent to an activating group) is 1. The van der Waals surface area contributed by atoms with Gasteiger partial charge in [0.15, 0.2) is 0 Å². The van der Waals surface area contributed by atoms with Crippen LogP contribution >= 0.6 is 34.5 Å². The van der Waals surface area contributed by atoms with Gasteiger partial charge in [-0.15, -0.1) is 11.3 Å². The number of hydrogen-bond donors (Lipinski definition) is 1. The molecule has 3 rings (SSSR count). The van der Waals surface area contributed by atoms with Crippen LogP contribution in [0.1, 0.15) is 4.88 Å². The molecule has 0 unspecified atom stereocenters. The molecular weight excluding hydrogens is 343 g/mol. The number of thiazole rings is 1. The summed E-state index contributed by atoms with van der Waals surface area (Å²) in [5, 5.41) is 9.61. The smallest absolute Gasteiger partial charge is 0.0795 e. The second-order valence-corrected chi connectivity index (χ2v) is 6.24. The minimum atomic E-state index is 0.116. The highest BCUT2D eigenvalue weighted by Crippen LogP contribution is 2.19. The van der Waals surface area contributed by atoms with E-state index in [-0.39, 0.29) is 6.61 Å². The maximum absolute atomic E-state index is 8.40.